The summed E-state index contributed by atoms with van der Waals surface area (Å²) in [4.78, 5) is 23.9. The SMILES string of the molecule is CCOC(=O)CCCCC(C=Cc1ccccc1OCc1ccc(C(C)(C)C)cc1)Cc1ccc(C(=O)OCC)cc1. The minimum absolute atomic E-state index is 0.120. The molecule has 0 saturated heterocycles. The molecular formula is C37H46O5. The Morgan fingerprint density at radius 3 is 2.14 bits per heavy atom. The lowest BCUT2D eigenvalue weighted by Gasteiger charge is -2.19. The van der Waals surface area contributed by atoms with Crippen LogP contribution in [0.4, 0.5) is 0 Å². The number of allylic oxidation sites excluding steroid dienone is 1. The summed E-state index contributed by atoms with van der Waals surface area (Å²) in [5.74, 6) is 0.645. The fourth-order valence-corrected chi connectivity index (χ4v) is 4.72. The van der Waals surface area contributed by atoms with Gasteiger partial charge >= 0.3 is 11.9 Å². The van der Waals surface area contributed by atoms with Crippen molar-refractivity contribution in [2.75, 3.05) is 13.2 Å². The van der Waals surface area contributed by atoms with Gasteiger partial charge in [0, 0.05) is 12.0 Å². The van der Waals surface area contributed by atoms with E-state index in [1.165, 1.54) is 5.56 Å². The van der Waals surface area contributed by atoms with E-state index >= 15 is 0 Å². The second-order valence-corrected chi connectivity index (χ2v) is 11.6. The van der Waals surface area contributed by atoms with Crippen molar-refractivity contribution in [1.29, 1.82) is 0 Å². The second-order valence-electron chi connectivity index (χ2n) is 11.6. The normalized spacial score (nSPS) is 12.2. The molecule has 3 aromatic rings. The van der Waals surface area contributed by atoms with Crippen molar-refractivity contribution >= 4 is 18.0 Å². The average molecular weight is 571 g/mol. The summed E-state index contributed by atoms with van der Waals surface area (Å²) in [6.45, 7) is 11.5. The van der Waals surface area contributed by atoms with Gasteiger partial charge in [0.1, 0.15) is 12.4 Å². The van der Waals surface area contributed by atoms with Gasteiger partial charge in [0.15, 0.2) is 0 Å². The van der Waals surface area contributed by atoms with Gasteiger partial charge in [-0.3, -0.25) is 4.79 Å². The van der Waals surface area contributed by atoms with Crippen LogP contribution in [0.1, 0.15) is 92.9 Å². The van der Waals surface area contributed by atoms with Gasteiger partial charge < -0.3 is 14.2 Å². The average Bonchev–Trinajstić information content (AvgIpc) is 2.97. The fraction of sp³-hybridized carbons (Fsp3) is 0.405. The van der Waals surface area contributed by atoms with Gasteiger partial charge in [-0.05, 0) is 79.3 Å². The largest absolute Gasteiger partial charge is 0.488 e. The number of carbonyl (C=O) groups excluding carboxylic acids is 2. The molecule has 224 valence electrons. The molecule has 1 unspecified atom stereocenters. The molecule has 0 aliphatic heterocycles. The van der Waals surface area contributed by atoms with Crippen LogP contribution < -0.4 is 4.74 Å². The van der Waals surface area contributed by atoms with E-state index in [4.69, 9.17) is 14.2 Å². The quantitative estimate of drug-likeness (QED) is 0.135. The van der Waals surface area contributed by atoms with Gasteiger partial charge in [-0.25, -0.2) is 4.79 Å². The summed E-state index contributed by atoms with van der Waals surface area (Å²) >= 11 is 0. The molecule has 0 spiro atoms. The lowest BCUT2D eigenvalue weighted by Crippen LogP contribution is -2.10. The summed E-state index contributed by atoms with van der Waals surface area (Å²) in [7, 11) is 0. The molecule has 42 heavy (non-hydrogen) atoms. The first kappa shape index (κ1) is 32.7. The molecule has 5 heteroatoms. The van der Waals surface area contributed by atoms with E-state index in [9.17, 15) is 9.59 Å². The Kier molecular flexibility index (Phi) is 12.9. The Morgan fingerprint density at radius 1 is 0.810 bits per heavy atom. The zero-order chi connectivity index (χ0) is 30.4. The first-order valence-electron chi connectivity index (χ1n) is 15.1. The summed E-state index contributed by atoms with van der Waals surface area (Å²) in [5.41, 5.74) is 5.28. The maximum absolute atomic E-state index is 12.1. The number of carbonyl (C=O) groups is 2. The van der Waals surface area contributed by atoms with Gasteiger partial charge in [0.25, 0.3) is 0 Å². The molecule has 0 amide bonds. The molecular weight excluding hydrogens is 524 g/mol. The van der Waals surface area contributed by atoms with Crippen LogP contribution in [0.25, 0.3) is 6.08 Å². The number of unbranched alkanes of at least 4 members (excludes halogenated alkanes) is 1. The van der Waals surface area contributed by atoms with Crippen LogP contribution in [0.5, 0.6) is 5.75 Å². The Morgan fingerprint density at radius 2 is 1.48 bits per heavy atom. The molecule has 0 radical (unpaired) electrons. The van der Waals surface area contributed by atoms with E-state index in [0.717, 1.165) is 48.1 Å². The van der Waals surface area contributed by atoms with Gasteiger partial charge in [0.05, 0.1) is 18.8 Å². The van der Waals surface area contributed by atoms with Crippen LogP contribution >= 0.6 is 0 Å². The topological polar surface area (TPSA) is 61.8 Å². The minimum Gasteiger partial charge on any atom is -0.488 e. The summed E-state index contributed by atoms with van der Waals surface area (Å²) in [6, 6.07) is 24.4. The van der Waals surface area contributed by atoms with Crippen molar-refractivity contribution < 1.29 is 23.8 Å². The first-order chi connectivity index (χ1) is 20.2. The summed E-state index contributed by atoms with van der Waals surface area (Å²) < 4.78 is 16.5. The molecule has 5 nitrogen and oxygen atoms in total. The molecule has 0 heterocycles. The number of rotatable bonds is 15. The maximum Gasteiger partial charge on any atom is 0.338 e. The number of hydrogen-bond donors (Lipinski definition) is 0. The first-order valence-corrected chi connectivity index (χ1v) is 15.1. The van der Waals surface area contributed by atoms with Crippen molar-refractivity contribution in [1.82, 2.24) is 0 Å². The van der Waals surface area contributed by atoms with Crippen molar-refractivity contribution in [3.8, 4) is 5.75 Å². The van der Waals surface area contributed by atoms with Crippen molar-refractivity contribution in [2.45, 2.75) is 78.7 Å². The summed E-state index contributed by atoms with van der Waals surface area (Å²) in [5, 5.41) is 0. The van der Waals surface area contributed by atoms with Crippen LogP contribution in [0.2, 0.25) is 0 Å². The van der Waals surface area contributed by atoms with Crippen molar-refractivity contribution in [3.63, 3.8) is 0 Å². The minimum atomic E-state index is -0.304. The monoisotopic (exact) mass is 570 g/mol. The molecule has 3 rings (SSSR count). The van der Waals surface area contributed by atoms with E-state index in [2.05, 4.69) is 63.3 Å². The van der Waals surface area contributed by atoms with Crippen LogP contribution in [0.3, 0.4) is 0 Å². The predicted octanol–water partition coefficient (Wildman–Crippen LogP) is 8.74. The van der Waals surface area contributed by atoms with Gasteiger partial charge in [0.2, 0.25) is 0 Å². The van der Waals surface area contributed by atoms with Crippen LogP contribution in [-0.2, 0) is 32.7 Å². The van der Waals surface area contributed by atoms with Crippen molar-refractivity contribution in [3.05, 3.63) is 107 Å². The highest BCUT2D eigenvalue weighted by molar-refractivity contribution is 5.89. The number of esters is 2. The fourth-order valence-electron chi connectivity index (χ4n) is 4.72. The number of ether oxygens (including phenoxy) is 3. The van der Waals surface area contributed by atoms with E-state index in [1.807, 2.05) is 49.4 Å². The zero-order valence-electron chi connectivity index (χ0n) is 25.9. The highest BCUT2D eigenvalue weighted by Gasteiger charge is 2.14. The molecule has 0 bridgehead atoms. The van der Waals surface area contributed by atoms with E-state index in [1.54, 1.807) is 6.92 Å². The molecule has 3 aromatic carbocycles. The Balaban J connectivity index is 1.70. The smallest absolute Gasteiger partial charge is 0.338 e. The summed E-state index contributed by atoms with van der Waals surface area (Å²) in [6.07, 6.45) is 8.27. The molecule has 0 aliphatic carbocycles. The lowest BCUT2D eigenvalue weighted by molar-refractivity contribution is -0.143. The lowest BCUT2D eigenvalue weighted by atomic mass is 9.87. The van der Waals surface area contributed by atoms with Gasteiger partial charge in [-0.1, -0.05) is 93.9 Å². The van der Waals surface area contributed by atoms with E-state index < -0.39 is 0 Å². The maximum atomic E-state index is 12.1. The standard InChI is InChI=1S/C37H46O5/c1-6-40-35(38)15-11-8-12-28(26-29-17-22-32(23-18-29)36(39)41-7-2)16-21-31-13-9-10-14-34(31)42-27-30-19-24-33(25-20-30)37(3,4)5/h9-10,13-14,16-25,28H,6-8,11-12,15,26-27H2,1-5H3. The van der Waals surface area contributed by atoms with Crippen LogP contribution in [0, 0.1) is 5.92 Å². The molecule has 0 fully saturated rings. The molecule has 1 atom stereocenters. The highest BCUT2D eigenvalue weighted by Crippen LogP contribution is 2.26. The molecule has 0 aromatic heterocycles. The Labute approximate surface area is 251 Å². The third kappa shape index (κ3) is 10.8. The number of para-hydroxylation sites is 1. The third-order valence-corrected chi connectivity index (χ3v) is 7.16. The van der Waals surface area contributed by atoms with Crippen LogP contribution in [-0.4, -0.2) is 25.2 Å². The van der Waals surface area contributed by atoms with E-state index in [-0.39, 0.29) is 23.3 Å². The Hall–Kier alpha value is -3.86. The van der Waals surface area contributed by atoms with Gasteiger partial charge in [-0.2, -0.15) is 0 Å². The molecule has 0 N–H and O–H groups in total. The van der Waals surface area contributed by atoms with E-state index in [0.29, 0.717) is 31.8 Å². The zero-order valence-corrected chi connectivity index (χ0v) is 25.9. The second kappa shape index (κ2) is 16.5. The highest BCUT2D eigenvalue weighted by atomic mass is 16.5. The van der Waals surface area contributed by atoms with Crippen LogP contribution in [0.15, 0.2) is 78.9 Å². The molecule has 0 aliphatic rings. The third-order valence-electron chi connectivity index (χ3n) is 7.16. The number of hydrogen-bond acceptors (Lipinski definition) is 5. The van der Waals surface area contributed by atoms with Gasteiger partial charge in [-0.15, -0.1) is 0 Å². The molecule has 0 saturated carbocycles. The number of benzene rings is 3. The van der Waals surface area contributed by atoms with Crippen molar-refractivity contribution in [2.24, 2.45) is 5.92 Å². The predicted molar refractivity (Wildman–Crippen MR) is 170 cm³/mol. The Bertz CT molecular complexity index is 1280.